The molecular weight excluding hydrogens is 306 g/mol. The summed E-state index contributed by atoms with van der Waals surface area (Å²) in [4.78, 5) is 24.8. The number of aliphatic carboxylic acids is 1. The number of hydrogen-bond acceptors (Lipinski definition) is 3. The Morgan fingerprint density at radius 1 is 1.32 bits per heavy atom. The Kier molecular flexibility index (Phi) is 3.85. The van der Waals surface area contributed by atoms with Crippen LogP contribution in [0, 0.1) is 5.92 Å². The lowest BCUT2D eigenvalue weighted by Gasteiger charge is -2.13. The second kappa shape index (κ2) is 5.81. The maximum absolute atomic E-state index is 12.4. The molecule has 1 amide bonds. The second-order valence-electron chi connectivity index (χ2n) is 5.25. The third-order valence-electron chi connectivity index (χ3n) is 3.77. The zero-order valence-electron chi connectivity index (χ0n) is 11.6. The summed E-state index contributed by atoms with van der Waals surface area (Å²) in [6, 6.07) is 8.82. The molecule has 0 saturated carbocycles. The van der Waals surface area contributed by atoms with Crippen LogP contribution in [0.4, 0.5) is 0 Å². The van der Waals surface area contributed by atoms with Crippen molar-refractivity contribution in [3.8, 4) is 11.3 Å². The normalized spacial score (nSPS) is 17.7. The van der Waals surface area contributed by atoms with Crippen LogP contribution in [0.1, 0.15) is 16.9 Å². The van der Waals surface area contributed by atoms with Crippen molar-refractivity contribution in [2.75, 3.05) is 13.1 Å². The summed E-state index contributed by atoms with van der Waals surface area (Å²) >= 11 is 5.84. The van der Waals surface area contributed by atoms with Gasteiger partial charge in [0, 0.05) is 23.7 Å². The van der Waals surface area contributed by atoms with Crippen LogP contribution in [0.2, 0.25) is 5.02 Å². The van der Waals surface area contributed by atoms with Crippen molar-refractivity contribution in [3.63, 3.8) is 0 Å². The van der Waals surface area contributed by atoms with E-state index in [-0.39, 0.29) is 12.5 Å². The summed E-state index contributed by atoms with van der Waals surface area (Å²) in [6.07, 6.45) is 0.485. The van der Waals surface area contributed by atoms with Gasteiger partial charge in [0.05, 0.1) is 11.6 Å². The predicted molar refractivity (Wildman–Crippen MR) is 80.7 cm³/mol. The summed E-state index contributed by atoms with van der Waals surface area (Å²) < 4.78 is 0. The summed E-state index contributed by atoms with van der Waals surface area (Å²) in [7, 11) is 0. The predicted octanol–water partition coefficient (Wildman–Crippen LogP) is 2.28. The molecule has 2 heterocycles. The molecule has 114 valence electrons. The van der Waals surface area contributed by atoms with E-state index < -0.39 is 11.9 Å². The van der Waals surface area contributed by atoms with Crippen molar-refractivity contribution in [3.05, 3.63) is 41.0 Å². The van der Waals surface area contributed by atoms with Crippen molar-refractivity contribution in [2.24, 2.45) is 5.92 Å². The quantitative estimate of drug-likeness (QED) is 0.908. The van der Waals surface area contributed by atoms with Crippen LogP contribution >= 0.6 is 11.6 Å². The molecule has 1 saturated heterocycles. The molecule has 1 atom stereocenters. The van der Waals surface area contributed by atoms with Crippen molar-refractivity contribution < 1.29 is 14.7 Å². The minimum absolute atomic E-state index is 0.225. The summed E-state index contributed by atoms with van der Waals surface area (Å²) in [5.41, 5.74) is 1.86. The number of halogens is 1. The average Bonchev–Trinajstić information content (AvgIpc) is 3.17. The van der Waals surface area contributed by atoms with Gasteiger partial charge in [-0.05, 0) is 24.6 Å². The summed E-state index contributed by atoms with van der Waals surface area (Å²) in [5.74, 6) is -1.57. The number of carbonyl (C=O) groups is 2. The minimum Gasteiger partial charge on any atom is -0.481 e. The van der Waals surface area contributed by atoms with Gasteiger partial charge in [0.2, 0.25) is 0 Å². The smallest absolute Gasteiger partial charge is 0.308 e. The van der Waals surface area contributed by atoms with E-state index in [1.807, 2.05) is 12.1 Å². The van der Waals surface area contributed by atoms with Crippen molar-refractivity contribution in [1.29, 1.82) is 0 Å². The van der Waals surface area contributed by atoms with Crippen molar-refractivity contribution >= 4 is 23.5 Å². The van der Waals surface area contributed by atoms with E-state index in [0.717, 1.165) is 5.56 Å². The Labute approximate surface area is 131 Å². The fourth-order valence-corrected chi connectivity index (χ4v) is 2.64. The van der Waals surface area contributed by atoms with Crippen molar-refractivity contribution in [2.45, 2.75) is 6.42 Å². The molecule has 0 unspecified atom stereocenters. The van der Waals surface area contributed by atoms with Crippen LogP contribution in [-0.4, -0.2) is 45.2 Å². The van der Waals surface area contributed by atoms with Crippen LogP contribution in [0.5, 0.6) is 0 Å². The second-order valence-corrected chi connectivity index (χ2v) is 5.69. The molecule has 2 aromatic rings. The number of aromatic nitrogens is 2. The Morgan fingerprint density at radius 2 is 2.05 bits per heavy atom. The van der Waals surface area contributed by atoms with E-state index in [2.05, 4.69) is 10.2 Å². The van der Waals surface area contributed by atoms with E-state index in [1.54, 1.807) is 18.2 Å². The number of H-pyrrole nitrogens is 1. The van der Waals surface area contributed by atoms with Gasteiger partial charge in [-0.15, -0.1) is 0 Å². The largest absolute Gasteiger partial charge is 0.481 e. The zero-order valence-corrected chi connectivity index (χ0v) is 12.4. The number of carbonyl (C=O) groups excluding carboxylic acids is 1. The first kappa shape index (κ1) is 14.6. The molecule has 6 nitrogen and oxygen atoms in total. The number of carboxylic acids is 1. The molecule has 22 heavy (non-hydrogen) atoms. The topological polar surface area (TPSA) is 86.3 Å². The number of aromatic amines is 1. The number of likely N-dealkylation sites (tertiary alicyclic amines) is 1. The highest BCUT2D eigenvalue weighted by Crippen LogP contribution is 2.22. The number of amides is 1. The third-order valence-corrected chi connectivity index (χ3v) is 4.02. The van der Waals surface area contributed by atoms with Gasteiger partial charge in [-0.2, -0.15) is 5.10 Å². The van der Waals surface area contributed by atoms with E-state index in [0.29, 0.717) is 29.4 Å². The van der Waals surface area contributed by atoms with Gasteiger partial charge in [-0.3, -0.25) is 14.7 Å². The van der Waals surface area contributed by atoms with Crippen LogP contribution in [0.25, 0.3) is 11.3 Å². The Hall–Kier alpha value is -2.34. The number of nitrogens with zero attached hydrogens (tertiary/aromatic N) is 2. The molecule has 0 bridgehead atoms. The minimum atomic E-state index is -0.859. The third kappa shape index (κ3) is 2.82. The SMILES string of the molecule is O=C(O)[C@H]1CCN(C(=O)c2cc(-c3ccc(Cl)cc3)n[nH]2)C1. The van der Waals surface area contributed by atoms with Gasteiger partial charge in [0.25, 0.3) is 5.91 Å². The molecule has 1 aromatic heterocycles. The molecular formula is C15H14ClN3O3. The first-order chi connectivity index (χ1) is 10.5. The van der Waals surface area contributed by atoms with Crippen LogP contribution < -0.4 is 0 Å². The molecule has 1 aliphatic rings. The Morgan fingerprint density at radius 3 is 2.68 bits per heavy atom. The molecule has 3 rings (SSSR count). The lowest BCUT2D eigenvalue weighted by molar-refractivity contribution is -0.141. The molecule has 0 spiro atoms. The lowest BCUT2D eigenvalue weighted by Crippen LogP contribution is -2.30. The highest BCUT2D eigenvalue weighted by Gasteiger charge is 2.31. The van der Waals surface area contributed by atoms with Crippen LogP contribution in [-0.2, 0) is 4.79 Å². The molecule has 1 aromatic carbocycles. The fraction of sp³-hybridized carbons (Fsp3) is 0.267. The maximum atomic E-state index is 12.4. The molecule has 0 aliphatic carbocycles. The molecule has 7 heteroatoms. The summed E-state index contributed by atoms with van der Waals surface area (Å²) in [5, 5.41) is 16.5. The van der Waals surface area contributed by atoms with Gasteiger partial charge >= 0.3 is 5.97 Å². The molecule has 2 N–H and O–H groups in total. The average molecular weight is 320 g/mol. The highest BCUT2D eigenvalue weighted by molar-refractivity contribution is 6.30. The van der Waals surface area contributed by atoms with Crippen LogP contribution in [0.3, 0.4) is 0 Å². The molecule has 1 fully saturated rings. The van der Waals surface area contributed by atoms with Gasteiger partial charge in [0.15, 0.2) is 0 Å². The van der Waals surface area contributed by atoms with Crippen molar-refractivity contribution in [1.82, 2.24) is 15.1 Å². The Bertz CT molecular complexity index is 711. The number of benzene rings is 1. The maximum Gasteiger partial charge on any atom is 0.308 e. The number of rotatable bonds is 3. The van der Waals surface area contributed by atoms with Gasteiger partial charge in [-0.25, -0.2) is 0 Å². The Balaban J connectivity index is 1.75. The molecule has 0 radical (unpaired) electrons. The van der Waals surface area contributed by atoms with Gasteiger partial charge in [-0.1, -0.05) is 23.7 Å². The first-order valence-electron chi connectivity index (χ1n) is 6.88. The zero-order chi connectivity index (χ0) is 15.7. The first-order valence-corrected chi connectivity index (χ1v) is 7.26. The number of carboxylic acid groups (broad SMARTS) is 1. The standard InChI is InChI=1S/C15H14ClN3O3/c16-11-3-1-9(2-4-11)12-7-13(18-17-12)14(20)19-6-5-10(8-19)15(21)22/h1-4,7,10H,5-6,8H2,(H,17,18)(H,21,22)/t10-/m0/s1. The highest BCUT2D eigenvalue weighted by atomic mass is 35.5. The molecule has 1 aliphatic heterocycles. The van der Waals surface area contributed by atoms with E-state index in [9.17, 15) is 9.59 Å². The van der Waals surface area contributed by atoms with Gasteiger partial charge in [0.1, 0.15) is 5.69 Å². The monoisotopic (exact) mass is 319 g/mol. The van der Waals surface area contributed by atoms with E-state index in [4.69, 9.17) is 16.7 Å². The lowest BCUT2D eigenvalue weighted by atomic mass is 10.1. The fourth-order valence-electron chi connectivity index (χ4n) is 2.52. The van der Waals surface area contributed by atoms with Crippen LogP contribution in [0.15, 0.2) is 30.3 Å². The van der Waals surface area contributed by atoms with E-state index in [1.165, 1.54) is 4.90 Å². The van der Waals surface area contributed by atoms with Gasteiger partial charge < -0.3 is 10.0 Å². The number of nitrogens with one attached hydrogen (secondary N) is 1. The summed E-state index contributed by atoms with van der Waals surface area (Å²) in [6.45, 7) is 0.689. The number of hydrogen-bond donors (Lipinski definition) is 2. The van der Waals surface area contributed by atoms with E-state index >= 15 is 0 Å².